The number of halogens is 2. The van der Waals surface area contributed by atoms with Crippen LogP contribution in [0, 0.1) is 5.82 Å². The van der Waals surface area contributed by atoms with E-state index in [1.165, 1.54) is 24.3 Å². The van der Waals surface area contributed by atoms with E-state index in [4.69, 9.17) is 16.3 Å². The fourth-order valence-corrected chi connectivity index (χ4v) is 3.43. The number of hydrogen-bond acceptors (Lipinski definition) is 3. The van der Waals surface area contributed by atoms with E-state index < -0.39 is 11.4 Å². The van der Waals surface area contributed by atoms with Crippen LogP contribution in [0.4, 0.5) is 4.39 Å². The second kappa shape index (κ2) is 6.48. The predicted octanol–water partition coefficient (Wildman–Crippen LogP) is 4.49. The van der Waals surface area contributed by atoms with Crippen molar-refractivity contribution in [3.05, 3.63) is 75.9 Å². The van der Waals surface area contributed by atoms with Crippen LogP contribution in [0.25, 0.3) is 27.8 Å². The quantitative estimate of drug-likeness (QED) is 0.546. The van der Waals surface area contributed by atoms with Gasteiger partial charge < -0.3 is 14.8 Å². The number of aromatic hydroxyl groups is 1. The Hall–Kier alpha value is -3.25. The normalized spacial score (nSPS) is 11.1. The molecule has 136 valence electrons. The molecule has 2 aromatic carbocycles. The lowest BCUT2D eigenvalue weighted by atomic mass is 10.1. The van der Waals surface area contributed by atoms with Gasteiger partial charge in [-0.15, -0.1) is 0 Å². The lowest BCUT2D eigenvalue weighted by Crippen LogP contribution is -2.10. The van der Waals surface area contributed by atoms with Crippen LogP contribution in [-0.4, -0.2) is 21.8 Å². The van der Waals surface area contributed by atoms with Crippen LogP contribution >= 0.6 is 11.6 Å². The lowest BCUT2D eigenvalue weighted by Gasteiger charge is -2.12. The van der Waals surface area contributed by atoms with Crippen molar-refractivity contribution < 1.29 is 14.2 Å². The SMILES string of the molecule is COc1cccc(-n2c(Cl)cc3[nH]c(=O)c(-c4ccccc4F)c(O)c32)c1. The molecule has 0 aliphatic heterocycles. The number of aromatic amines is 1. The van der Waals surface area contributed by atoms with E-state index in [0.29, 0.717) is 17.0 Å². The average molecular weight is 385 g/mol. The minimum absolute atomic E-state index is 0.00710. The van der Waals surface area contributed by atoms with Gasteiger partial charge in [0.1, 0.15) is 22.2 Å². The maximum Gasteiger partial charge on any atom is 0.260 e. The Balaban J connectivity index is 2.08. The second-order valence-electron chi connectivity index (χ2n) is 5.92. The van der Waals surface area contributed by atoms with Crippen molar-refractivity contribution in [3.63, 3.8) is 0 Å². The Kier molecular flexibility index (Phi) is 4.12. The van der Waals surface area contributed by atoms with Crippen LogP contribution in [0.15, 0.2) is 59.4 Å². The molecule has 0 radical (unpaired) electrons. The van der Waals surface area contributed by atoms with E-state index in [9.17, 15) is 14.3 Å². The Morgan fingerprint density at radius 3 is 2.67 bits per heavy atom. The van der Waals surface area contributed by atoms with Crippen LogP contribution in [-0.2, 0) is 0 Å². The van der Waals surface area contributed by atoms with Crippen LogP contribution in [0.2, 0.25) is 5.15 Å². The van der Waals surface area contributed by atoms with E-state index >= 15 is 0 Å². The van der Waals surface area contributed by atoms with Crippen LogP contribution in [0.3, 0.4) is 0 Å². The van der Waals surface area contributed by atoms with Crippen LogP contribution in [0.5, 0.6) is 11.5 Å². The van der Waals surface area contributed by atoms with Crippen molar-refractivity contribution in [1.82, 2.24) is 9.55 Å². The highest BCUT2D eigenvalue weighted by Gasteiger charge is 2.21. The zero-order valence-electron chi connectivity index (χ0n) is 14.2. The van der Waals surface area contributed by atoms with Gasteiger partial charge in [-0.2, -0.15) is 0 Å². The van der Waals surface area contributed by atoms with E-state index in [1.54, 1.807) is 42.0 Å². The molecule has 4 aromatic rings. The first-order chi connectivity index (χ1) is 13.0. The molecule has 0 aliphatic rings. The number of fused-ring (bicyclic) bond motifs is 1. The Bertz CT molecular complexity index is 1230. The summed E-state index contributed by atoms with van der Waals surface area (Å²) in [7, 11) is 1.54. The Morgan fingerprint density at radius 2 is 1.93 bits per heavy atom. The van der Waals surface area contributed by atoms with E-state index in [0.717, 1.165) is 0 Å². The predicted molar refractivity (Wildman–Crippen MR) is 103 cm³/mol. The van der Waals surface area contributed by atoms with Crippen molar-refractivity contribution in [2.24, 2.45) is 0 Å². The number of aromatic nitrogens is 2. The summed E-state index contributed by atoms with van der Waals surface area (Å²) in [6.45, 7) is 0. The van der Waals surface area contributed by atoms with E-state index in [2.05, 4.69) is 4.98 Å². The zero-order valence-corrected chi connectivity index (χ0v) is 14.9. The number of nitrogens with one attached hydrogen (secondary N) is 1. The highest BCUT2D eigenvalue weighted by molar-refractivity contribution is 6.31. The largest absolute Gasteiger partial charge is 0.505 e. The summed E-state index contributed by atoms with van der Waals surface area (Å²) in [4.78, 5) is 15.2. The molecule has 0 fully saturated rings. The second-order valence-corrected chi connectivity index (χ2v) is 6.31. The van der Waals surface area contributed by atoms with Crippen LogP contribution in [0.1, 0.15) is 0 Å². The molecule has 2 aromatic heterocycles. The fourth-order valence-electron chi connectivity index (χ4n) is 3.13. The first-order valence-corrected chi connectivity index (χ1v) is 8.44. The lowest BCUT2D eigenvalue weighted by molar-refractivity contribution is 0.414. The summed E-state index contributed by atoms with van der Waals surface area (Å²) in [5, 5.41) is 11.2. The Morgan fingerprint density at radius 1 is 1.15 bits per heavy atom. The van der Waals surface area contributed by atoms with Gasteiger partial charge in [-0.3, -0.25) is 9.36 Å². The number of pyridine rings is 1. The Labute approximate surface area is 158 Å². The summed E-state index contributed by atoms with van der Waals surface area (Å²) in [5.74, 6) is -0.361. The number of H-pyrrole nitrogens is 1. The minimum atomic E-state index is -0.608. The van der Waals surface area contributed by atoms with E-state index in [-0.39, 0.29) is 27.5 Å². The molecule has 0 unspecified atom stereocenters. The number of ether oxygens (including phenoxy) is 1. The van der Waals surface area contributed by atoms with Gasteiger partial charge in [-0.25, -0.2) is 4.39 Å². The third-order valence-corrected chi connectivity index (χ3v) is 4.63. The topological polar surface area (TPSA) is 67.2 Å². The maximum absolute atomic E-state index is 14.2. The first-order valence-electron chi connectivity index (χ1n) is 8.06. The van der Waals surface area contributed by atoms with Gasteiger partial charge in [0.2, 0.25) is 0 Å². The van der Waals surface area contributed by atoms with E-state index in [1.807, 2.05) is 0 Å². The number of rotatable bonds is 3. The van der Waals surface area contributed by atoms with Gasteiger partial charge in [0.25, 0.3) is 5.56 Å². The standard InChI is InChI=1S/C20H14ClFN2O3/c1-27-12-6-4-5-11(9-12)24-16(21)10-15-18(24)19(25)17(20(26)23-15)13-7-2-3-8-14(13)22/h2-10H,1H3,(H2,23,25,26). The monoisotopic (exact) mass is 384 g/mol. The van der Waals surface area contributed by atoms with Gasteiger partial charge in [0.15, 0.2) is 5.75 Å². The van der Waals surface area contributed by atoms with Crippen molar-refractivity contribution in [3.8, 4) is 28.3 Å². The first kappa shape index (κ1) is 17.2. The van der Waals surface area contributed by atoms with Gasteiger partial charge in [-0.1, -0.05) is 35.9 Å². The number of methoxy groups -OCH3 is 1. The van der Waals surface area contributed by atoms with Crippen molar-refractivity contribution in [1.29, 1.82) is 0 Å². The number of hydrogen-bond donors (Lipinski definition) is 2. The summed E-state index contributed by atoms with van der Waals surface area (Å²) in [6.07, 6.45) is 0. The molecule has 0 saturated carbocycles. The summed E-state index contributed by atoms with van der Waals surface area (Å²) < 4.78 is 21.1. The molecule has 0 spiro atoms. The number of nitrogens with zero attached hydrogens (tertiary/aromatic N) is 1. The van der Waals surface area contributed by atoms with Crippen LogP contribution < -0.4 is 10.3 Å². The molecule has 5 nitrogen and oxygen atoms in total. The van der Waals surface area contributed by atoms with Gasteiger partial charge >= 0.3 is 0 Å². The molecule has 0 amide bonds. The smallest absolute Gasteiger partial charge is 0.260 e. The molecule has 0 saturated heterocycles. The summed E-state index contributed by atoms with van der Waals surface area (Å²) >= 11 is 6.37. The molecule has 0 aliphatic carbocycles. The molecule has 0 bridgehead atoms. The highest BCUT2D eigenvalue weighted by Crippen LogP contribution is 2.38. The van der Waals surface area contributed by atoms with Crippen molar-refractivity contribution >= 4 is 22.6 Å². The van der Waals surface area contributed by atoms with Crippen molar-refractivity contribution in [2.45, 2.75) is 0 Å². The van der Waals surface area contributed by atoms with Gasteiger partial charge in [0.05, 0.1) is 23.9 Å². The molecular weight excluding hydrogens is 371 g/mol. The fraction of sp³-hybridized carbons (Fsp3) is 0.0500. The molecular formula is C20H14ClFN2O3. The molecule has 4 rings (SSSR count). The number of benzene rings is 2. The maximum atomic E-state index is 14.2. The van der Waals surface area contributed by atoms with Gasteiger partial charge in [-0.05, 0) is 24.3 Å². The average Bonchev–Trinajstić information content (AvgIpc) is 2.99. The molecule has 0 atom stereocenters. The summed E-state index contributed by atoms with van der Waals surface area (Å²) in [5.41, 5.74) is 0.476. The summed E-state index contributed by atoms with van der Waals surface area (Å²) in [6, 6.07) is 14.4. The molecule has 2 heterocycles. The van der Waals surface area contributed by atoms with Crippen molar-refractivity contribution in [2.75, 3.05) is 7.11 Å². The third kappa shape index (κ3) is 2.74. The molecule has 7 heteroatoms. The minimum Gasteiger partial charge on any atom is -0.505 e. The molecule has 2 N–H and O–H groups in total. The zero-order chi connectivity index (χ0) is 19.1. The third-order valence-electron chi connectivity index (χ3n) is 4.35. The molecule has 27 heavy (non-hydrogen) atoms. The van der Waals surface area contributed by atoms with Gasteiger partial charge in [0, 0.05) is 11.6 Å². The highest BCUT2D eigenvalue weighted by atomic mass is 35.5.